The fraction of sp³-hybridized carbons (Fsp3) is 0.231. The van der Waals surface area contributed by atoms with E-state index in [1.165, 1.54) is 0 Å². The first kappa shape index (κ1) is 9.97. The van der Waals surface area contributed by atoms with Crippen LogP contribution >= 0.6 is 0 Å². The third-order valence-corrected chi connectivity index (χ3v) is 2.36. The van der Waals surface area contributed by atoms with Crippen molar-refractivity contribution < 1.29 is 0 Å². The fourth-order valence-corrected chi connectivity index (χ4v) is 1.54. The fourth-order valence-electron chi connectivity index (χ4n) is 1.54. The Kier molecular flexibility index (Phi) is 3.18. The number of aromatic nitrogens is 2. The lowest BCUT2D eigenvalue weighted by Crippen LogP contribution is -1.87. The number of aromatic amines is 1. The molecule has 2 aromatic rings. The van der Waals surface area contributed by atoms with Crippen molar-refractivity contribution in [1.82, 2.24) is 9.97 Å². The lowest BCUT2D eigenvalue weighted by Gasteiger charge is -1.94. The lowest BCUT2D eigenvalue weighted by atomic mass is 10.2. The van der Waals surface area contributed by atoms with Crippen LogP contribution in [0.1, 0.15) is 18.7 Å². The van der Waals surface area contributed by atoms with Gasteiger partial charge in [-0.15, -0.1) is 0 Å². The number of unbranched alkanes of at least 4 members (excludes halogenated alkanes) is 1. The molecule has 1 heterocycles. The number of nitrogens with zero attached hydrogens (tertiary/aromatic N) is 1. The van der Waals surface area contributed by atoms with Crippen molar-refractivity contribution in [2.24, 2.45) is 0 Å². The number of hydrogen-bond donors (Lipinski definition) is 1. The first-order valence-electron chi connectivity index (χ1n) is 5.29. The van der Waals surface area contributed by atoms with Crippen molar-refractivity contribution in [2.75, 3.05) is 0 Å². The topological polar surface area (TPSA) is 28.7 Å². The molecular weight excluding hydrogens is 184 g/mol. The zero-order chi connectivity index (χ0) is 10.5. The Morgan fingerprint density at radius 1 is 1.20 bits per heavy atom. The Labute approximate surface area is 90.4 Å². The minimum absolute atomic E-state index is 0.960. The van der Waals surface area contributed by atoms with Crippen LogP contribution in [0.25, 0.3) is 11.3 Å². The number of rotatable bonds is 4. The van der Waals surface area contributed by atoms with Crippen LogP contribution in [-0.2, 0) is 6.42 Å². The summed E-state index contributed by atoms with van der Waals surface area (Å²) in [5.74, 6) is 1.05. The number of benzene rings is 1. The molecule has 0 fully saturated rings. The van der Waals surface area contributed by atoms with Crippen molar-refractivity contribution in [3.8, 4) is 11.3 Å². The van der Waals surface area contributed by atoms with Gasteiger partial charge >= 0.3 is 0 Å². The molecule has 77 valence electrons. The molecule has 0 aliphatic carbocycles. The van der Waals surface area contributed by atoms with Gasteiger partial charge in [0.15, 0.2) is 0 Å². The van der Waals surface area contributed by atoms with Gasteiger partial charge in [-0.2, -0.15) is 0 Å². The molecule has 0 saturated heterocycles. The summed E-state index contributed by atoms with van der Waals surface area (Å²) in [4.78, 5) is 7.73. The molecule has 0 saturated carbocycles. The molecule has 0 atom stereocenters. The van der Waals surface area contributed by atoms with E-state index in [9.17, 15) is 0 Å². The maximum absolute atomic E-state index is 4.53. The SMILES string of the molecule is [CH2]CCCc1nc(-c2ccccc2)c[nH]1. The van der Waals surface area contributed by atoms with Gasteiger partial charge in [0, 0.05) is 18.2 Å². The smallest absolute Gasteiger partial charge is 0.106 e. The number of H-pyrrole nitrogens is 1. The van der Waals surface area contributed by atoms with Crippen LogP contribution in [0.2, 0.25) is 0 Å². The highest BCUT2D eigenvalue weighted by molar-refractivity contribution is 5.57. The molecule has 1 aromatic heterocycles. The monoisotopic (exact) mass is 199 g/mol. The van der Waals surface area contributed by atoms with Gasteiger partial charge in [0.25, 0.3) is 0 Å². The first-order valence-corrected chi connectivity index (χ1v) is 5.29. The van der Waals surface area contributed by atoms with Gasteiger partial charge in [0.1, 0.15) is 5.82 Å². The summed E-state index contributed by atoms with van der Waals surface area (Å²) in [5, 5.41) is 0. The molecule has 2 heteroatoms. The van der Waals surface area contributed by atoms with Crippen molar-refractivity contribution in [1.29, 1.82) is 0 Å². The number of aryl methyl sites for hydroxylation is 1. The molecule has 0 bridgehead atoms. The molecule has 1 radical (unpaired) electrons. The quantitative estimate of drug-likeness (QED) is 0.804. The Hall–Kier alpha value is -1.57. The van der Waals surface area contributed by atoms with Gasteiger partial charge in [0.05, 0.1) is 5.69 Å². The highest BCUT2D eigenvalue weighted by Gasteiger charge is 2.02. The Bertz CT molecular complexity index is 403. The normalized spacial score (nSPS) is 10.5. The van der Waals surface area contributed by atoms with Gasteiger partial charge in [-0.1, -0.05) is 43.7 Å². The summed E-state index contributed by atoms with van der Waals surface area (Å²) in [5.41, 5.74) is 2.18. The van der Waals surface area contributed by atoms with Crippen LogP contribution in [0.5, 0.6) is 0 Å². The average Bonchev–Trinajstić information content (AvgIpc) is 2.76. The zero-order valence-corrected chi connectivity index (χ0v) is 8.74. The molecule has 0 amide bonds. The molecule has 0 unspecified atom stereocenters. The van der Waals surface area contributed by atoms with Crippen molar-refractivity contribution in [2.45, 2.75) is 19.3 Å². The van der Waals surface area contributed by atoms with E-state index in [1.807, 2.05) is 24.4 Å². The van der Waals surface area contributed by atoms with Crippen LogP contribution in [0.3, 0.4) is 0 Å². The maximum Gasteiger partial charge on any atom is 0.106 e. The van der Waals surface area contributed by atoms with Crippen LogP contribution in [0.4, 0.5) is 0 Å². The van der Waals surface area contributed by atoms with Crippen LogP contribution < -0.4 is 0 Å². The first-order chi connectivity index (χ1) is 7.40. The van der Waals surface area contributed by atoms with E-state index in [-0.39, 0.29) is 0 Å². The molecule has 15 heavy (non-hydrogen) atoms. The minimum Gasteiger partial charge on any atom is -0.348 e. The lowest BCUT2D eigenvalue weighted by molar-refractivity contribution is 0.798. The van der Waals surface area contributed by atoms with Gasteiger partial charge in [-0.3, -0.25) is 0 Å². The number of imidazole rings is 1. The summed E-state index contributed by atoms with van der Waals surface area (Å²) >= 11 is 0. The molecule has 2 nitrogen and oxygen atoms in total. The Morgan fingerprint density at radius 3 is 2.73 bits per heavy atom. The molecule has 1 N–H and O–H groups in total. The van der Waals surface area contributed by atoms with E-state index < -0.39 is 0 Å². The van der Waals surface area contributed by atoms with Gasteiger partial charge in [-0.25, -0.2) is 4.98 Å². The van der Waals surface area contributed by atoms with Crippen LogP contribution in [0, 0.1) is 6.92 Å². The van der Waals surface area contributed by atoms with E-state index in [2.05, 4.69) is 29.0 Å². The second-order valence-corrected chi connectivity index (χ2v) is 3.56. The number of hydrogen-bond acceptors (Lipinski definition) is 1. The summed E-state index contributed by atoms with van der Waals surface area (Å²) in [6, 6.07) is 10.2. The average molecular weight is 199 g/mol. The van der Waals surface area contributed by atoms with Crippen LogP contribution in [-0.4, -0.2) is 9.97 Å². The highest BCUT2D eigenvalue weighted by Crippen LogP contribution is 2.16. The second-order valence-electron chi connectivity index (χ2n) is 3.56. The molecule has 0 aliphatic heterocycles. The third kappa shape index (κ3) is 2.46. The molecule has 0 spiro atoms. The zero-order valence-electron chi connectivity index (χ0n) is 8.74. The summed E-state index contributed by atoms with van der Waals surface area (Å²) < 4.78 is 0. The highest BCUT2D eigenvalue weighted by atomic mass is 14.9. The van der Waals surface area contributed by atoms with E-state index in [4.69, 9.17) is 0 Å². The van der Waals surface area contributed by atoms with Crippen molar-refractivity contribution in [3.63, 3.8) is 0 Å². The standard InChI is InChI=1S/C13H15N2/c1-2-3-9-13-14-10-12(15-13)11-7-5-4-6-8-11/h4-8,10H,1-3,9H2,(H,14,15). The molecular formula is C13H15N2. The minimum atomic E-state index is 0.960. The summed E-state index contributed by atoms with van der Waals surface area (Å²) in [6.45, 7) is 3.82. The Morgan fingerprint density at radius 2 is 2.00 bits per heavy atom. The predicted molar refractivity (Wildman–Crippen MR) is 62.3 cm³/mol. The van der Waals surface area contributed by atoms with Crippen molar-refractivity contribution >= 4 is 0 Å². The van der Waals surface area contributed by atoms with Gasteiger partial charge in [-0.05, 0) is 6.42 Å². The summed E-state index contributed by atoms with van der Waals surface area (Å²) in [7, 11) is 0. The number of nitrogens with one attached hydrogen (secondary N) is 1. The van der Waals surface area contributed by atoms with E-state index in [0.717, 1.165) is 36.3 Å². The van der Waals surface area contributed by atoms with Crippen LogP contribution in [0.15, 0.2) is 36.5 Å². The van der Waals surface area contributed by atoms with Crippen molar-refractivity contribution in [3.05, 3.63) is 49.3 Å². The predicted octanol–water partition coefficient (Wildman–Crippen LogP) is 3.23. The second kappa shape index (κ2) is 4.78. The molecule has 2 rings (SSSR count). The molecule has 1 aromatic carbocycles. The molecule has 0 aliphatic rings. The van der Waals surface area contributed by atoms with E-state index in [1.54, 1.807) is 0 Å². The Balaban J connectivity index is 2.14. The summed E-state index contributed by atoms with van der Waals surface area (Å²) in [6.07, 6.45) is 4.99. The maximum atomic E-state index is 4.53. The van der Waals surface area contributed by atoms with Gasteiger partial charge in [0.2, 0.25) is 0 Å². The van der Waals surface area contributed by atoms with E-state index >= 15 is 0 Å². The largest absolute Gasteiger partial charge is 0.348 e. The van der Waals surface area contributed by atoms with E-state index in [0.29, 0.717) is 0 Å². The van der Waals surface area contributed by atoms with Gasteiger partial charge < -0.3 is 4.98 Å². The third-order valence-electron chi connectivity index (χ3n) is 2.36.